The number of carbonyl (C=O) groups is 2. The second kappa shape index (κ2) is 8.42. The van der Waals surface area contributed by atoms with Crippen molar-refractivity contribution in [2.75, 3.05) is 27.9 Å². The number of nitrogens with zero attached hydrogens (tertiary/aromatic N) is 2. The Morgan fingerprint density at radius 2 is 1.97 bits per heavy atom. The van der Waals surface area contributed by atoms with Crippen molar-refractivity contribution >= 4 is 34.4 Å². The van der Waals surface area contributed by atoms with Crippen LogP contribution in [0.4, 0.5) is 0 Å². The van der Waals surface area contributed by atoms with E-state index in [-0.39, 0.29) is 43.6 Å². The van der Waals surface area contributed by atoms with Crippen molar-refractivity contribution in [3.63, 3.8) is 0 Å². The Kier molecular flexibility index (Phi) is 6.14. The quantitative estimate of drug-likeness (QED) is 0.664. The number of aryl methyl sites for hydroxylation is 1. The lowest BCUT2D eigenvalue weighted by atomic mass is 10.00. The van der Waals surface area contributed by atoms with E-state index >= 15 is 0 Å². The summed E-state index contributed by atoms with van der Waals surface area (Å²) in [5.41, 5.74) is 1.61. The molecule has 0 fully saturated rings. The van der Waals surface area contributed by atoms with Crippen molar-refractivity contribution in [1.29, 1.82) is 0 Å². The van der Waals surface area contributed by atoms with Crippen molar-refractivity contribution in [2.45, 2.75) is 32.5 Å². The molecule has 156 valence electrons. The summed E-state index contributed by atoms with van der Waals surface area (Å²) in [6.07, 6.45) is 0.0375. The molecule has 1 aliphatic rings. The monoisotopic (exact) mass is 422 g/mol. The number of halogens is 1. The van der Waals surface area contributed by atoms with Gasteiger partial charge in [0.1, 0.15) is 12.4 Å². The van der Waals surface area contributed by atoms with Crippen LogP contribution >= 0.6 is 11.6 Å². The molecule has 1 aliphatic heterocycles. The first-order valence-corrected chi connectivity index (χ1v) is 9.49. The zero-order chi connectivity index (χ0) is 21.3. The Hall–Kier alpha value is -2.58. The van der Waals surface area contributed by atoms with Gasteiger partial charge in [0.25, 0.3) is 5.56 Å². The maximum Gasteiger partial charge on any atom is 0.307 e. The van der Waals surface area contributed by atoms with Crippen molar-refractivity contribution in [1.82, 2.24) is 9.47 Å². The molecule has 29 heavy (non-hydrogen) atoms. The average Bonchev–Trinajstić information content (AvgIpc) is 3.05. The molecular formula is C20H23ClN2O6. The number of ether oxygens (including phenoxy) is 3. The van der Waals surface area contributed by atoms with Crippen LogP contribution in [0.15, 0.2) is 16.9 Å². The molecule has 0 radical (unpaired) electrons. The van der Waals surface area contributed by atoms with Crippen LogP contribution < -0.4 is 10.3 Å². The van der Waals surface area contributed by atoms with Crippen molar-refractivity contribution in [2.24, 2.45) is 0 Å². The number of carbonyl (C=O) groups excluding carboxylic acids is 2. The van der Waals surface area contributed by atoms with Crippen LogP contribution in [0.5, 0.6) is 5.75 Å². The van der Waals surface area contributed by atoms with Crippen LogP contribution in [0.25, 0.3) is 10.9 Å². The van der Waals surface area contributed by atoms with E-state index < -0.39 is 5.97 Å². The Morgan fingerprint density at radius 1 is 1.24 bits per heavy atom. The van der Waals surface area contributed by atoms with E-state index in [0.29, 0.717) is 21.9 Å². The Labute approximate surface area is 172 Å². The molecule has 8 nitrogen and oxygen atoms in total. The van der Waals surface area contributed by atoms with Crippen molar-refractivity contribution in [3.05, 3.63) is 38.6 Å². The number of esters is 1. The summed E-state index contributed by atoms with van der Waals surface area (Å²) in [4.78, 5) is 39.0. The number of hydrogen-bond donors (Lipinski definition) is 0. The number of aromatic nitrogens is 1. The van der Waals surface area contributed by atoms with Gasteiger partial charge in [-0.2, -0.15) is 0 Å². The number of amides is 1. The molecule has 2 aromatic rings. The van der Waals surface area contributed by atoms with Gasteiger partial charge in [0, 0.05) is 24.6 Å². The molecular weight excluding hydrogens is 400 g/mol. The van der Waals surface area contributed by atoms with Crippen molar-refractivity contribution in [3.8, 4) is 5.75 Å². The third kappa shape index (κ3) is 3.70. The van der Waals surface area contributed by atoms with Gasteiger partial charge in [0.15, 0.2) is 0 Å². The van der Waals surface area contributed by atoms with E-state index in [9.17, 15) is 14.4 Å². The van der Waals surface area contributed by atoms with E-state index in [1.54, 1.807) is 17.0 Å². The Bertz CT molecular complexity index is 1030. The van der Waals surface area contributed by atoms with Gasteiger partial charge in [-0.3, -0.25) is 14.4 Å². The van der Waals surface area contributed by atoms with Crippen LogP contribution in [-0.4, -0.2) is 49.3 Å². The molecule has 2 heterocycles. The summed E-state index contributed by atoms with van der Waals surface area (Å²) in [7, 11) is 4.26. The summed E-state index contributed by atoms with van der Waals surface area (Å²) < 4.78 is 16.5. The molecule has 0 spiro atoms. The summed E-state index contributed by atoms with van der Waals surface area (Å²) >= 11 is 6.31. The maximum atomic E-state index is 13.3. The number of fused-ring (bicyclic) bond motifs is 3. The van der Waals surface area contributed by atoms with E-state index in [0.717, 1.165) is 10.9 Å². The lowest BCUT2D eigenvalue weighted by Gasteiger charge is -2.22. The highest BCUT2D eigenvalue weighted by molar-refractivity contribution is 6.32. The van der Waals surface area contributed by atoms with Crippen LogP contribution in [0.2, 0.25) is 5.02 Å². The van der Waals surface area contributed by atoms with Crippen LogP contribution in [0, 0.1) is 0 Å². The van der Waals surface area contributed by atoms with E-state index in [4.69, 9.17) is 25.8 Å². The largest absolute Gasteiger partial charge is 0.495 e. The molecule has 0 bridgehead atoms. The zero-order valence-corrected chi connectivity index (χ0v) is 17.5. The van der Waals surface area contributed by atoms with Crippen LogP contribution in [0.3, 0.4) is 0 Å². The topological polar surface area (TPSA) is 87.1 Å². The predicted molar refractivity (Wildman–Crippen MR) is 107 cm³/mol. The van der Waals surface area contributed by atoms with Gasteiger partial charge in [-0.25, -0.2) is 0 Å². The molecule has 0 unspecified atom stereocenters. The highest BCUT2D eigenvalue weighted by Gasteiger charge is 2.35. The first-order chi connectivity index (χ1) is 13.8. The van der Waals surface area contributed by atoms with Gasteiger partial charge in [0.2, 0.25) is 5.91 Å². The minimum atomic E-state index is -0.421. The predicted octanol–water partition coefficient (Wildman–Crippen LogP) is 2.28. The lowest BCUT2D eigenvalue weighted by Crippen LogP contribution is -2.32. The standard InChI is InChI=1S/C20H23ClN2O6/c1-11-19-12-7-16(28-3)14(21)8-15(12)22(6-5-18(25)29-4)20(26)13(19)9-23(11)17(24)10-27-2/h7-8,11H,5-6,9-10H2,1-4H3/t11-/m0/s1. The van der Waals surface area contributed by atoms with Crippen LogP contribution in [0.1, 0.15) is 30.5 Å². The average molecular weight is 423 g/mol. The zero-order valence-electron chi connectivity index (χ0n) is 16.8. The first kappa shape index (κ1) is 21.1. The Balaban J connectivity index is 2.23. The molecule has 0 N–H and O–H groups in total. The highest BCUT2D eigenvalue weighted by Crippen LogP contribution is 2.40. The lowest BCUT2D eigenvalue weighted by molar-refractivity contribution is -0.141. The van der Waals surface area contributed by atoms with Crippen LogP contribution in [-0.2, 0) is 32.2 Å². The van der Waals surface area contributed by atoms with E-state index in [1.165, 1.54) is 25.9 Å². The minimum absolute atomic E-state index is 0.0375. The molecule has 1 atom stereocenters. The number of rotatable bonds is 6. The smallest absolute Gasteiger partial charge is 0.307 e. The van der Waals surface area contributed by atoms with Crippen molar-refractivity contribution < 1.29 is 23.8 Å². The fourth-order valence-corrected chi connectivity index (χ4v) is 4.05. The molecule has 1 aromatic carbocycles. The highest BCUT2D eigenvalue weighted by atomic mass is 35.5. The van der Waals surface area contributed by atoms with E-state index in [1.807, 2.05) is 6.92 Å². The molecule has 0 saturated carbocycles. The summed E-state index contributed by atoms with van der Waals surface area (Å²) in [6, 6.07) is 3.11. The van der Waals surface area contributed by atoms with Gasteiger partial charge in [-0.15, -0.1) is 0 Å². The van der Waals surface area contributed by atoms with Gasteiger partial charge >= 0.3 is 5.97 Å². The second-order valence-electron chi connectivity index (χ2n) is 6.81. The fraction of sp³-hybridized carbons (Fsp3) is 0.450. The first-order valence-electron chi connectivity index (χ1n) is 9.12. The summed E-state index contributed by atoms with van der Waals surface area (Å²) in [5, 5.41) is 1.11. The molecule has 0 aliphatic carbocycles. The molecule has 0 saturated heterocycles. The van der Waals surface area contributed by atoms with Gasteiger partial charge in [0.05, 0.1) is 43.8 Å². The molecule has 1 aromatic heterocycles. The SMILES string of the molecule is COCC(=O)N1Cc2c(c3cc(OC)c(Cl)cc3n(CCC(=O)OC)c2=O)[C@@H]1C. The summed E-state index contributed by atoms with van der Waals surface area (Å²) in [6.45, 7) is 2.12. The third-order valence-corrected chi connectivity index (χ3v) is 5.54. The second-order valence-corrected chi connectivity index (χ2v) is 7.22. The number of hydrogen-bond acceptors (Lipinski definition) is 6. The maximum absolute atomic E-state index is 13.3. The molecule has 9 heteroatoms. The normalized spacial score (nSPS) is 15.5. The molecule has 3 rings (SSSR count). The third-order valence-electron chi connectivity index (χ3n) is 5.25. The number of pyridine rings is 1. The summed E-state index contributed by atoms with van der Waals surface area (Å²) in [5.74, 6) is -0.158. The van der Waals surface area contributed by atoms with Gasteiger partial charge in [-0.1, -0.05) is 11.6 Å². The minimum Gasteiger partial charge on any atom is -0.495 e. The van der Waals surface area contributed by atoms with Gasteiger partial charge in [-0.05, 0) is 24.6 Å². The van der Waals surface area contributed by atoms with E-state index in [2.05, 4.69) is 0 Å². The number of benzene rings is 1. The number of methoxy groups -OCH3 is 3. The van der Waals surface area contributed by atoms with Gasteiger partial charge < -0.3 is 23.7 Å². The molecule has 1 amide bonds. The Morgan fingerprint density at radius 3 is 2.59 bits per heavy atom. The fourth-order valence-electron chi connectivity index (χ4n) is 3.82.